The molecule has 5 nitrogen and oxygen atoms in total. The third-order valence-electron chi connectivity index (χ3n) is 2.98. The van der Waals surface area contributed by atoms with Crippen LogP contribution in [0.25, 0.3) is 0 Å². The number of amides is 1. The fourth-order valence-corrected chi connectivity index (χ4v) is 2.65. The van der Waals surface area contributed by atoms with E-state index >= 15 is 0 Å². The van der Waals surface area contributed by atoms with Crippen molar-refractivity contribution >= 4 is 21.6 Å². The molecule has 0 saturated heterocycles. The Labute approximate surface area is 126 Å². The van der Waals surface area contributed by atoms with E-state index in [0.717, 1.165) is 16.1 Å². The fraction of sp³-hybridized carbons (Fsp3) is 0.400. The number of nitrogens with one attached hydrogen (secondary N) is 1. The Balaban J connectivity index is 2.98. The van der Waals surface area contributed by atoms with Gasteiger partial charge >= 0.3 is 0 Å². The van der Waals surface area contributed by atoms with Crippen LogP contribution in [0.5, 0.6) is 0 Å². The van der Waals surface area contributed by atoms with E-state index in [0.29, 0.717) is 18.2 Å². The van der Waals surface area contributed by atoms with E-state index in [2.05, 4.69) is 25.7 Å². The van der Waals surface area contributed by atoms with Gasteiger partial charge < -0.3 is 5.32 Å². The Bertz CT molecular complexity index is 592. The van der Waals surface area contributed by atoms with Crippen molar-refractivity contribution in [3.8, 4) is 0 Å². The largest absolute Gasteiger partial charge is 0.351 e. The van der Waals surface area contributed by atoms with Crippen LogP contribution in [0.2, 0.25) is 0 Å². The lowest BCUT2D eigenvalue weighted by Gasteiger charge is -2.22. The number of sulfonamides is 1. The Morgan fingerprint density at radius 3 is 2.33 bits per heavy atom. The lowest BCUT2D eigenvalue weighted by molar-refractivity contribution is -0.119. The van der Waals surface area contributed by atoms with Crippen LogP contribution >= 0.6 is 0 Å². The molecule has 21 heavy (non-hydrogen) atoms. The Morgan fingerprint density at radius 2 is 1.90 bits per heavy atom. The predicted octanol–water partition coefficient (Wildman–Crippen LogP) is 1.88. The van der Waals surface area contributed by atoms with Gasteiger partial charge in [-0.1, -0.05) is 32.1 Å². The number of rotatable bonds is 7. The zero-order valence-corrected chi connectivity index (χ0v) is 13.5. The van der Waals surface area contributed by atoms with Gasteiger partial charge in [-0.05, 0) is 23.6 Å². The van der Waals surface area contributed by atoms with Crippen LogP contribution in [-0.2, 0) is 14.8 Å². The molecule has 1 rings (SSSR count). The van der Waals surface area contributed by atoms with Crippen LogP contribution in [0.4, 0.5) is 5.69 Å². The van der Waals surface area contributed by atoms with Crippen LogP contribution < -0.4 is 9.62 Å². The standard InChI is InChI=1S/C15H22N2O3S/c1-5-10-16-15(18)11-17(21(4,19)20)14-8-6-13(7-9-14)12(2)3/h5-9,12H,1,10-11H2,2-4H3,(H,16,18). The van der Waals surface area contributed by atoms with Gasteiger partial charge in [-0.2, -0.15) is 0 Å². The van der Waals surface area contributed by atoms with Gasteiger partial charge in [-0.3, -0.25) is 9.10 Å². The zero-order valence-electron chi connectivity index (χ0n) is 12.7. The first kappa shape index (κ1) is 17.2. The number of carbonyl (C=O) groups excluding carboxylic acids is 1. The molecular formula is C15H22N2O3S. The summed E-state index contributed by atoms with van der Waals surface area (Å²) in [5.74, 6) is -0.00474. The maximum Gasteiger partial charge on any atom is 0.241 e. The van der Waals surface area contributed by atoms with Crippen molar-refractivity contribution < 1.29 is 13.2 Å². The molecule has 1 amide bonds. The van der Waals surface area contributed by atoms with Gasteiger partial charge in [-0.25, -0.2) is 8.42 Å². The topological polar surface area (TPSA) is 66.5 Å². The smallest absolute Gasteiger partial charge is 0.241 e. The van der Waals surface area contributed by atoms with Crippen LogP contribution in [0, 0.1) is 0 Å². The molecule has 116 valence electrons. The average molecular weight is 310 g/mol. The molecule has 1 aromatic carbocycles. The number of hydrogen-bond acceptors (Lipinski definition) is 3. The van der Waals surface area contributed by atoms with E-state index < -0.39 is 10.0 Å². The van der Waals surface area contributed by atoms with Crippen molar-refractivity contribution in [2.45, 2.75) is 19.8 Å². The zero-order chi connectivity index (χ0) is 16.0. The van der Waals surface area contributed by atoms with E-state index in [1.165, 1.54) is 0 Å². The highest BCUT2D eigenvalue weighted by atomic mass is 32.2. The van der Waals surface area contributed by atoms with Crippen LogP contribution in [0.3, 0.4) is 0 Å². The molecular weight excluding hydrogens is 288 g/mol. The number of hydrogen-bond donors (Lipinski definition) is 1. The Morgan fingerprint density at radius 1 is 1.33 bits per heavy atom. The summed E-state index contributed by atoms with van der Waals surface area (Å²) in [6.45, 7) is 7.69. The molecule has 0 spiro atoms. The molecule has 1 aromatic rings. The second-order valence-corrected chi connectivity index (χ2v) is 7.02. The van der Waals surface area contributed by atoms with Gasteiger partial charge in [0.2, 0.25) is 15.9 Å². The Kier molecular flexibility index (Phi) is 5.96. The van der Waals surface area contributed by atoms with Crippen molar-refractivity contribution in [1.29, 1.82) is 0 Å². The molecule has 0 unspecified atom stereocenters. The molecule has 0 bridgehead atoms. The molecule has 0 atom stereocenters. The monoisotopic (exact) mass is 310 g/mol. The molecule has 0 heterocycles. The van der Waals surface area contributed by atoms with Crippen molar-refractivity contribution in [2.24, 2.45) is 0 Å². The quantitative estimate of drug-likeness (QED) is 0.782. The van der Waals surface area contributed by atoms with Crippen molar-refractivity contribution in [3.63, 3.8) is 0 Å². The van der Waals surface area contributed by atoms with E-state index in [1.807, 2.05) is 12.1 Å². The normalized spacial score (nSPS) is 11.2. The molecule has 0 saturated carbocycles. The molecule has 1 N–H and O–H groups in total. The third kappa shape index (κ3) is 5.23. The number of benzene rings is 1. The molecule has 0 aromatic heterocycles. The minimum absolute atomic E-state index is 0.242. The van der Waals surface area contributed by atoms with E-state index in [1.54, 1.807) is 18.2 Å². The van der Waals surface area contributed by atoms with E-state index in [-0.39, 0.29) is 12.5 Å². The van der Waals surface area contributed by atoms with Gasteiger partial charge in [0.05, 0.1) is 11.9 Å². The summed E-state index contributed by atoms with van der Waals surface area (Å²) in [5, 5.41) is 2.57. The van der Waals surface area contributed by atoms with Crippen LogP contribution in [0.15, 0.2) is 36.9 Å². The maximum absolute atomic E-state index is 11.9. The molecule has 0 aliphatic heterocycles. The molecule has 0 radical (unpaired) electrons. The molecule has 0 aliphatic carbocycles. The second kappa shape index (κ2) is 7.26. The van der Waals surface area contributed by atoms with Gasteiger partial charge in [0.1, 0.15) is 6.54 Å². The summed E-state index contributed by atoms with van der Waals surface area (Å²) < 4.78 is 24.9. The highest BCUT2D eigenvalue weighted by Crippen LogP contribution is 2.21. The number of anilines is 1. The fourth-order valence-electron chi connectivity index (χ4n) is 1.80. The third-order valence-corrected chi connectivity index (χ3v) is 4.12. The van der Waals surface area contributed by atoms with Gasteiger partial charge in [0.15, 0.2) is 0 Å². The molecule has 0 fully saturated rings. The van der Waals surface area contributed by atoms with Gasteiger partial charge in [0.25, 0.3) is 0 Å². The van der Waals surface area contributed by atoms with Gasteiger partial charge in [0, 0.05) is 6.54 Å². The first-order valence-electron chi connectivity index (χ1n) is 6.71. The highest BCUT2D eigenvalue weighted by Gasteiger charge is 2.20. The maximum atomic E-state index is 11.9. The van der Waals surface area contributed by atoms with E-state index in [9.17, 15) is 13.2 Å². The number of carbonyl (C=O) groups is 1. The second-order valence-electron chi connectivity index (χ2n) is 5.11. The summed E-state index contributed by atoms with van der Waals surface area (Å²) in [6, 6.07) is 7.19. The number of nitrogens with zero attached hydrogens (tertiary/aromatic N) is 1. The first-order valence-corrected chi connectivity index (χ1v) is 8.55. The summed E-state index contributed by atoms with van der Waals surface area (Å²) >= 11 is 0. The van der Waals surface area contributed by atoms with E-state index in [4.69, 9.17) is 0 Å². The summed E-state index contributed by atoms with van der Waals surface area (Å²) in [5.41, 5.74) is 1.60. The summed E-state index contributed by atoms with van der Waals surface area (Å²) in [4.78, 5) is 11.7. The van der Waals surface area contributed by atoms with Crippen LogP contribution in [-0.4, -0.2) is 33.7 Å². The lowest BCUT2D eigenvalue weighted by Crippen LogP contribution is -2.40. The van der Waals surface area contributed by atoms with Crippen molar-refractivity contribution in [2.75, 3.05) is 23.7 Å². The van der Waals surface area contributed by atoms with Gasteiger partial charge in [-0.15, -0.1) is 6.58 Å². The first-order chi connectivity index (χ1) is 9.75. The SMILES string of the molecule is C=CCNC(=O)CN(c1ccc(C(C)C)cc1)S(C)(=O)=O. The predicted molar refractivity (Wildman–Crippen MR) is 85.9 cm³/mol. The highest BCUT2D eigenvalue weighted by molar-refractivity contribution is 7.92. The Hall–Kier alpha value is -1.82. The van der Waals surface area contributed by atoms with Crippen LogP contribution in [0.1, 0.15) is 25.3 Å². The molecule has 6 heteroatoms. The molecule has 0 aliphatic rings. The lowest BCUT2D eigenvalue weighted by atomic mass is 10.0. The summed E-state index contributed by atoms with van der Waals surface area (Å²) in [7, 11) is -3.52. The minimum Gasteiger partial charge on any atom is -0.351 e. The van der Waals surface area contributed by atoms with Crippen molar-refractivity contribution in [3.05, 3.63) is 42.5 Å². The average Bonchev–Trinajstić information content (AvgIpc) is 2.41. The summed E-state index contributed by atoms with van der Waals surface area (Å²) in [6.07, 6.45) is 2.63. The van der Waals surface area contributed by atoms with Crippen molar-refractivity contribution in [1.82, 2.24) is 5.32 Å². The minimum atomic E-state index is -3.52.